The van der Waals surface area contributed by atoms with Gasteiger partial charge in [-0.15, -0.1) is 0 Å². The number of hydrogen-bond donors (Lipinski definition) is 0. The summed E-state index contributed by atoms with van der Waals surface area (Å²) >= 11 is 0. The first-order valence-corrected chi connectivity index (χ1v) is 9.07. The van der Waals surface area contributed by atoms with E-state index in [0.29, 0.717) is 24.3 Å². The zero-order chi connectivity index (χ0) is 18.8. The van der Waals surface area contributed by atoms with Crippen molar-refractivity contribution in [3.8, 4) is 17.2 Å². The Bertz CT molecular complexity index is 1010. The number of aryl methyl sites for hydroxylation is 2. The number of carbonyl (C=O) groups excluding carboxylic acids is 1. The van der Waals surface area contributed by atoms with Crippen LogP contribution < -0.4 is 0 Å². The van der Waals surface area contributed by atoms with Crippen LogP contribution in [0.25, 0.3) is 11.1 Å². The molecule has 3 aromatic rings. The van der Waals surface area contributed by atoms with E-state index < -0.39 is 0 Å². The van der Waals surface area contributed by atoms with Gasteiger partial charge in [-0.2, -0.15) is 10.4 Å². The summed E-state index contributed by atoms with van der Waals surface area (Å²) in [5, 5.41) is 13.3. The van der Waals surface area contributed by atoms with Crippen LogP contribution in [-0.4, -0.2) is 27.1 Å². The van der Waals surface area contributed by atoms with E-state index in [-0.39, 0.29) is 5.91 Å². The lowest BCUT2D eigenvalue weighted by atomic mass is 10.0. The van der Waals surface area contributed by atoms with Crippen molar-refractivity contribution in [2.24, 2.45) is 0 Å². The van der Waals surface area contributed by atoms with E-state index in [1.165, 1.54) is 5.56 Å². The maximum absolute atomic E-state index is 13.0. The van der Waals surface area contributed by atoms with Crippen molar-refractivity contribution in [3.05, 3.63) is 77.1 Å². The highest BCUT2D eigenvalue weighted by Gasteiger charge is 2.21. The van der Waals surface area contributed by atoms with Gasteiger partial charge in [0, 0.05) is 18.7 Å². The maximum Gasteiger partial charge on any atom is 0.254 e. The fourth-order valence-corrected chi connectivity index (χ4v) is 3.42. The number of nitriles is 1. The van der Waals surface area contributed by atoms with Crippen LogP contribution in [0.1, 0.15) is 33.7 Å². The molecule has 4 rings (SSSR count). The van der Waals surface area contributed by atoms with E-state index >= 15 is 0 Å². The number of hydrogen-bond acceptors (Lipinski definition) is 3. The fourth-order valence-electron chi connectivity index (χ4n) is 3.42. The second-order valence-electron chi connectivity index (χ2n) is 6.88. The van der Waals surface area contributed by atoms with Gasteiger partial charge in [0.25, 0.3) is 5.91 Å². The summed E-state index contributed by atoms with van der Waals surface area (Å²) in [7, 11) is 0. The number of aromatic nitrogens is 2. The lowest BCUT2D eigenvalue weighted by Gasteiger charge is -2.20. The van der Waals surface area contributed by atoms with Crippen molar-refractivity contribution in [2.45, 2.75) is 26.4 Å². The Morgan fingerprint density at radius 1 is 1.04 bits per heavy atom. The number of carbonyl (C=O) groups is 1. The molecule has 1 aliphatic rings. The molecule has 1 aromatic heterocycles. The zero-order valence-electron chi connectivity index (χ0n) is 15.2. The molecule has 0 atom stereocenters. The molecule has 0 saturated heterocycles. The third-order valence-corrected chi connectivity index (χ3v) is 4.93. The van der Waals surface area contributed by atoms with Crippen molar-refractivity contribution in [3.63, 3.8) is 0 Å². The summed E-state index contributed by atoms with van der Waals surface area (Å²) < 4.78 is 1.84. The van der Waals surface area contributed by atoms with Crippen LogP contribution in [0.2, 0.25) is 0 Å². The van der Waals surface area contributed by atoms with Crippen molar-refractivity contribution >= 4 is 5.91 Å². The van der Waals surface area contributed by atoms with Crippen LogP contribution in [0.15, 0.2) is 54.6 Å². The molecule has 2 aromatic carbocycles. The molecule has 0 aliphatic carbocycles. The molecule has 1 amide bonds. The molecule has 2 heterocycles. The van der Waals surface area contributed by atoms with Gasteiger partial charge >= 0.3 is 0 Å². The quantitative estimate of drug-likeness (QED) is 0.702. The number of fused-ring (bicyclic) bond motifs is 1. The molecule has 5 heteroatoms. The molecule has 27 heavy (non-hydrogen) atoms. The smallest absolute Gasteiger partial charge is 0.254 e. The summed E-state index contributed by atoms with van der Waals surface area (Å²) in [5.74, 6) is 0.0126. The standard InChI is InChI=1S/C22H20N4O/c1-16-3-5-17(6-4-16)18-7-9-19(10-8-18)22(27)25-11-2-12-26-21(15-25)13-20(14-23)24-26/h3-10,13H,2,11-12,15H2,1H3. The minimum Gasteiger partial charge on any atom is -0.333 e. The highest BCUT2D eigenvalue weighted by Crippen LogP contribution is 2.22. The van der Waals surface area contributed by atoms with Crippen LogP contribution >= 0.6 is 0 Å². The topological polar surface area (TPSA) is 61.9 Å². The average molecular weight is 356 g/mol. The Balaban J connectivity index is 1.53. The SMILES string of the molecule is Cc1ccc(-c2ccc(C(=O)N3CCCn4nc(C#N)cc4C3)cc2)cc1. The van der Waals surface area contributed by atoms with E-state index in [1.54, 1.807) is 6.07 Å². The van der Waals surface area contributed by atoms with Crippen LogP contribution in [0.3, 0.4) is 0 Å². The van der Waals surface area contributed by atoms with Crippen molar-refractivity contribution in [1.29, 1.82) is 5.26 Å². The van der Waals surface area contributed by atoms with E-state index in [1.807, 2.05) is 33.8 Å². The Kier molecular flexibility index (Phi) is 4.47. The maximum atomic E-state index is 13.0. The van der Waals surface area contributed by atoms with Crippen molar-refractivity contribution in [1.82, 2.24) is 14.7 Å². The molecule has 0 fully saturated rings. The molecule has 0 bridgehead atoms. The van der Waals surface area contributed by atoms with Gasteiger partial charge in [-0.1, -0.05) is 42.0 Å². The van der Waals surface area contributed by atoms with E-state index in [4.69, 9.17) is 5.26 Å². The predicted molar refractivity (Wildman–Crippen MR) is 103 cm³/mol. The van der Waals surface area contributed by atoms with Crippen LogP contribution in [0.4, 0.5) is 0 Å². The molecule has 134 valence electrons. The normalized spacial score (nSPS) is 13.6. The van der Waals surface area contributed by atoms with Gasteiger partial charge < -0.3 is 4.90 Å². The molecule has 0 N–H and O–H groups in total. The Morgan fingerprint density at radius 3 is 2.37 bits per heavy atom. The minimum atomic E-state index is 0.0126. The van der Waals surface area contributed by atoms with Gasteiger partial charge in [0.2, 0.25) is 0 Å². The average Bonchev–Trinajstić information content (AvgIpc) is 2.99. The lowest BCUT2D eigenvalue weighted by Crippen LogP contribution is -2.30. The first kappa shape index (κ1) is 17.0. The highest BCUT2D eigenvalue weighted by atomic mass is 16.2. The summed E-state index contributed by atoms with van der Waals surface area (Å²) in [5.41, 5.74) is 5.46. The number of amides is 1. The molecule has 0 saturated carbocycles. The van der Waals surface area contributed by atoms with Crippen LogP contribution in [-0.2, 0) is 13.1 Å². The van der Waals surface area contributed by atoms with Gasteiger partial charge in [0.05, 0.1) is 12.2 Å². The van der Waals surface area contributed by atoms with E-state index in [0.717, 1.165) is 29.8 Å². The van der Waals surface area contributed by atoms with Crippen molar-refractivity contribution in [2.75, 3.05) is 6.54 Å². The second kappa shape index (κ2) is 7.08. The first-order valence-electron chi connectivity index (χ1n) is 9.07. The predicted octanol–water partition coefficient (Wildman–Crippen LogP) is 3.78. The third kappa shape index (κ3) is 3.47. The highest BCUT2D eigenvalue weighted by molar-refractivity contribution is 5.94. The largest absolute Gasteiger partial charge is 0.333 e. The van der Waals surface area contributed by atoms with Crippen LogP contribution in [0.5, 0.6) is 0 Å². The van der Waals surface area contributed by atoms with Crippen molar-refractivity contribution < 1.29 is 4.79 Å². The molecule has 0 radical (unpaired) electrons. The zero-order valence-corrected chi connectivity index (χ0v) is 15.2. The minimum absolute atomic E-state index is 0.0126. The van der Waals surface area contributed by atoms with Gasteiger partial charge in [0.15, 0.2) is 5.69 Å². The molecule has 5 nitrogen and oxygen atoms in total. The van der Waals surface area contributed by atoms with Gasteiger partial charge in [-0.05, 0) is 42.7 Å². The Hall–Kier alpha value is -3.39. The second-order valence-corrected chi connectivity index (χ2v) is 6.88. The fraction of sp³-hybridized carbons (Fsp3) is 0.227. The van der Waals surface area contributed by atoms with Crippen LogP contribution in [0, 0.1) is 18.3 Å². The number of nitrogens with zero attached hydrogens (tertiary/aromatic N) is 4. The lowest BCUT2D eigenvalue weighted by molar-refractivity contribution is 0.0746. The summed E-state index contributed by atoms with van der Waals surface area (Å²) in [6, 6.07) is 20.0. The molecule has 1 aliphatic heterocycles. The summed E-state index contributed by atoms with van der Waals surface area (Å²) in [6.07, 6.45) is 0.826. The first-order chi connectivity index (χ1) is 13.1. The van der Waals surface area contributed by atoms with E-state index in [2.05, 4.69) is 42.4 Å². The number of rotatable bonds is 2. The summed E-state index contributed by atoms with van der Waals surface area (Å²) in [4.78, 5) is 14.8. The molecule has 0 unspecified atom stereocenters. The summed E-state index contributed by atoms with van der Waals surface area (Å²) in [6.45, 7) is 3.96. The molecular weight excluding hydrogens is 336 g/mol. The van der Waals surface area contributed by atoms with Gasteiger partial charge in [0.1, 0.15) is 6.07 Å². The monoisotopic (exact) mass is 356 g/mol. The van der Waals surface area contributed by atoms with Gasteiger partial charge in [-0.25, -0.2) is 0 Å². The molecular formula is C22H20N4O. The molecule has 0 spiro atoms. The Morgan fingerprint density at radius 2 is 1.70 bits per heavy atom. The van der Waals surface area contributed by atoms with Gasteiger partial charge in [-0.3, -0.25) is 9.48 Å². The Labute approximate surface area is 158 Å². The van der Waals surface area contributed by atoms with E-state index in [9.17, 15) is 4.79 Å². The number of benzene rings is 2. The third-order valence-electron chi connectivity index (χ3n) is 4.93.